The van der Waals surface area contributed by atoms with Gasteiger partial charge in [-0.1, -0.05) is 18.2 Å². The van der Waals surface area contributed by atoms with Gasteiger partial charge in [0, 0.05) is 18.3 Å². The summed E-state index contributed by atoms with van der Waals surface area (Å²) in [5, 5.41) is 2.67. The highest BCUT2D eigenvalue weighted by Crippen LogP contribution is 2.30. The van der Waals surface area contributed by atoms with Crippen molar-refractivity contribution in [3.05, 3.63) is 89.7 Å². The van der Waals surface area contributed by atoms with Crippen LogP contribution < -0.4 is 10.0 Å². The maximum absolute atomic E-state index is 12.8. The predicted octanol–water partition coefficient (Wildman–Crippen LogP) is 3.83. The molecule has 0 aliphatic heterocycles. The van der Waals surface area contributed by atoms with Crippen LogP contribution in [0, 0.1) is 0 Å². The molecule has 6 nitrogen and oxygen atoms in total. The number of rotatable bonds is 6. The van der Waals surface area contributed by atoms with E-state index in [0.29, 0.717) is 22.9 Å². The molecule has 1 heterocycles. The molecule has 0 saturated carbocycles. The van der Waals surface area contributed by atoms with Crippen molar-refractivity contribution in [2.24, 2.45) is 0 Å². The second-order valence-electron chi connectivity index (χ2n) is 6.24. The van der Waals surface area contributed by atoms with E-state index in [0.717, 1.165) is 18.2 Å². The fourth-order valence-electron chi connectivity index (χ4n) is 2.52. The van der Waals surface area contributed by atoms with E-state index >= 15 is 0 Å². The third kappa shape index (κ3) is 5.43. The van der Waals surface area contributed by atoms with Gasteiger partial charge in [-0.2, -0.15) is 13.2 Å². The zero-order valence-corrected chi connectivity index (χ0v) is 16.2. The van der Waals surface area contributed by atoms with E-state index < -0.39 is 26.7 Å². The van der Waals surface area contributed by atoms with Crippen LogP contribution in [0.1, 0.15) is 21.5 Å². The van der Waals surface area contributed by atoms with Crippen molar-refractivity contribution < 1.29 is 26.4 Å². The molecule has 3 aromatic rings. The first kappa shape index (κ1) is 21.5. The monoisotopic (exact) mass is 435 g/mol. The minimum atomic E-state index is -4.64. The number of nitrogens with one attached hydrogen (secondary N) is 2. The molecule has 1 amide bonds. The van der Waals surface area contributed by atoms with Gasteiger partial charge in [0.1, 0.15) is 0 Å². The van der Waals surface area contributed by atoms with Crippen molar-refractivity contribution >= 4 is 21.6 Å². The Morgan fingerprint density at radius 3 is 2.37 bits per heavy atom. The molecular formula is C20H16F3N3O3S. The molecule has 0 bridgehead atoms. The van der Waals surface area contributed by atoms with Gasteiger partial charge in [-0.25, -0.2) is 13.1 Å². The van der Waals surface area contributed by atoms with E-state index in [9.17, 15) is 26.4 Å². The Hall–Kier alpha value is -3.24. The number of alkyl halides is 3. The van der Waals surface area contributed by atoms with Gasteiger partial charge in [0.15, 0.2) is 0 Å². The van der Waals surface area contributed by atoms with Gasteiger partial charge in [0.2, 0.25) is 10.0 Å². The second-order valence-corrected chi connectivity index (χ2v) is 8.01. The number of sulfonamides is 1. The first-order valence-corrected chi connectivity index (χ1v) is 10.1. The van der Waals surface area contributed by atoms with E-state index in [1.54, 1.807) is 30.5 Å². The molecule has 0 unspecified atom stereocenters. The molecule has 0 radical (unpaired) electrons. The standard InChI is InChI=1S/C20H16F3N3O3S/c21-20(22,23)16-3-1-5-18(11-16)30(28,29)25-12-14-6-8-15(9-7-14)19(27)26-17-4-2-10-24-13-17/h1-11,13,25H,12H2,(H,26,27). The van der Waals surface area contributed by atoms with Gasteiger partial charge in [0.05, 0.1) is 22.3 Å². The van der Waals surface area contributed by atoms with Crippen LogP contribution in [0.5, 0.6) is 0 Å². The van der Waals surface area contributed by atoms with Crippen LogP contribution in [0.4, 0.5) is 18.9 Å². The maximum atomic E-state index is 12.8. The summed E-state index contributed by atoms with van der Waals surface area (Å²) in [4.78, 5) is 15.6. The van der Waals surface area contributed by atoms with Crippen molar-refractivity contribution in [1.29, 1.82) is 0 Å². The Labute approximate surface area is 170 Å². The van der Waals surface area contributed by atoms with Crippen molar-refractivity contribution in [1.82, 2.24) is 9.71 Å². The molecule has 0 spiro atoms. The number of halogens is 3. The summed E-state index contributed by atoms with van der Waals surface area (Å²) in [5.74, 6) is -0.362. The molecule has 2 N–H and O–H groups in total. The normalized spacial score (nSPS) is 11.8. The quantitative estimate of drug-likeness (QED) is 0.616. The molecule has 0 atom stereocenters. The van der Waals surface area contributed by atoms with E-state index in [2.05, 4.69) is 15.0 Å². The number of hydrogen-bond acceptors (Lipinski definition) is 4. The lowest BCUT2D eigenvalue weighted by molar-refractivity contribution is -0.137. The van der Waals surface area contributed by atoms with E-state index in [-0.39, 0.29) is 12.5 Å². The van der Waals surface area contributed by atoms with Crippen LogP contribution in [-0.4, -0.2) is 19.3 Å². The Morgan fingerprint density at radius 1 is 1.00 bits per heavy atom. The van der Waals surface area contributed by atoms with Crippen molar-refractivity contribution in [2.45, 2.75) is 17.6 Å². The third-order valence-electron chi connectivity index (χ3n) is 4.07. The fourth-order valence-corrected chi connectivity index (χ4v) is 3.58. The van der Waals surface area contributed by atoms with Gasteiger partial charge in [-0.15, -0.1) is 0 Å². The lowest BCUT2D eigenvalue weighted by atomic mass is 10.1. The second kappa shape index (κ2) is 8.64. The van der Waals surface area contributed by atoms with Gasteiger partial charge >= 0.3 is 6.18 Å². The van der Waals surface area contributed by atoms with Crippen LogP contribution in [-0.2, 0) is 22.7 Å². The number of amides is 1. The highest BCUT2D eigenvalue weighted by molar-refractivity contribution is 7.89. The highest BCUT2D eigenvalue weighted by atomic mass is 32.2. The average molecular weight is 435 g/mol. The summed E-state index contributed by atoms with van der Waals surface area (Å²) >= 11 is 0. The lowest BCUT2D eigenvalue weighted by Gasteiger charge is -2.11. The molecule has 0 aliphatic carbocycles. The summed E-state index contributed by atoms with van der Waals surface area (Å²) in [6.45, 7) is -0.150. The summed E-state index contributed by atoms with van der Waals surface area (Å²) in [5.41, 5.74) is 0.363. The number of nitrogens with zero attached hydrogens (tertiary/aromatic N) is 1. The summed E-state index contributed by atoms with van der Waals surface area (Å²) in [6.07, 6.45) is -1.57. The Kier molecular flexibility index (Phi) is 6.18. The van der Waals surface area contributed by atoms with Crippen LogP contribution in [0.2, 0.25) is 0 Å². The van der Waals surface area contributed by atoms with E-state index in [1.807, 2.05) is 0 Å². The van der Waals surface area contributed by atoms with E-state index in [1.165, 1.54) is 18.3 Å². The lowest BCUT2D eigenvalue weighted by Crippen LogP contribution is -2.23. The van der Waals surface area contributed by atoms with Crippen LogP contribution in [0.3, 0.4) is 0 Å². The number of carbonyl (C=O) groups is 1. The number of benzene rings is 2. The van der Waals surface area contributed by atoms with Crippen LogP contribution in [0.25, 0.3) is 0 Å². The van der Waals surface area contributed by atoms with Crippen LogP contribution in [0.15, 0.2) is 78.0 Å². The van der Waals surface area contributed by atoms with Crippen molar-refractivity contribution in [2.75, 3.05) is 5.32 Å². The number of aromatic nitrogens is 1. The molecule has 1 aromatic heterocycles. The minimum absolute atomic E-state index is 0.150. The summed E-state index contributed by atoms with van der Waals surface area (Å²) < 4.78 is 65.3. The molecule has 30 heavy (non-hydrogen) atoms. The summed E-state index contributed by atoms with van der Waals surface area (Å²) in [7, 11) is -4.14. The molecule has 0 fully saturated rings. The van der Waals surface area contributed by atoms with Gasteiger partial charge < -0.3 is 5.32 Å². The molecular weight excluding hydrogens is 419 g/mol. The van der Waals surface area contributed by atoms with Gasteiger partial charge in [-0.05, 0) is 48.0 Å². The first-order valence-electron chi connectivity index (χ1n) is 8.62. The van der Waals surface area contributed by atoms with Gasteiger partial charge in [-0.3, -0.25) is 9.78 Å². The number of anilines is 1. The smallest absolute Gasteiger partial charge is 0.321 e. The topological polar surface area (TPSA) is 88.2 Å². The molecule has 10 heteroatoms. The SMILES string of the molecule is O=C(Nc1cccnc1)c1ccc(CNS(=O)(=O)c2cccc(C(F)(F)F)c2)cc1. The maximum Gasteiger partial charge on any atom is 0.416 e. The zero-order valence-electron chi connectivity index (χ0n) is 15.3. The summed E-state index contributed by atoms with van der Waals surface area (Å²) in [6, 6.07) is 13.0. The number of carbonyl (C=O) groups excluding carboxylic acids is 1. The van der Waals surface area contributed by atoms with Crippen molar-refractivity contribution in [3.8, 4) is 0 Å². The minimum Gasteiger partial charge on any atom is -0.321 e. The molecule has 3 rings (SSSR count). The largest absolute Gasteiger partial charge is 0.416 e. The Morgan fingerprint density at radius 2 is 1.73 bits per heavy atom. The Balaban J connectivity index is 1.65. The van der Waals surface area contributed by atoms with Gasteiger partial charge in [0.25, 0.3) is 5.91 Å². The molecule has 156 valence electrons. The first-order chi connectivity index (χ1) is 14.1. The number of hydrogen-bond donors (Lipinski definition) is 2. The predicted molar refractivity (Wildman–Crippen MR) is 104 cm³/mol. The zero-order chi connectivity index (χ0) is 21.8. The molecule has 0 saturated heterocycles. The highest BCUT2D eigenvalue weighted by Gasteiger charge is 2.31. The van der Waals surface area contributed by atoms with Crippen LogP contribution >= 0.6 is 0 Å². The Bertz CT molecular complexity index is 1130. The fraction of sp³-hybridized carbons (Fsp3) is 0.100. The van der Waals surface area contributed by atoms with E-state index in [4.69, 9.17) is 0 Å². The molecule has 0 aliphatic rings. The third-order valence-corrected chi connectivity index (χ3v) is 5.47. The molecule has 2 aromatic carbocycles. The number of pyridine rings is 1. The average Bonchev–Trinajstić information content (AvgIpc) is 2.73. The van der Waals surface area contributed by atoms with Crippen molar-refractivity contribution in [3.63, 3.8) is 0 Å².